The van der Waals surface area contributed by atoms with E-state index >= 15 is 0 Å². The van der Waals surface area contributed by atoms with Crippen molar-refractivity contribution in [2.75, 3.05) is 0 Å². The van der Waals surface area contributed by atoms with Crippen LogP contribution in [-0.4, -0.2) is 0 Å². The van der Waals surface area contributed by atoms with Gasteiger partial charge >= 0.3 is 0 Å². The standard InChI is InChI=1S/C23H34F2/c1-4-15(2)17-5-7-18(8-6-17)19-9-11-20(12-10-19)21-13-16(3)23(25)22(24)14-21/h13-15,17-20H,4-12H2,1-3H3. The summed E-state index contributed by atoms with van der Waals surface area (Å²) in [6, 6.07) is 3.30. The predicted octanol–water partition coefficient (Wildman–Crippen LogP) is 7.40. The second kappa shape index (κ2) is 8.18. The molecule has 3 rings (SSSR count). The molecular formula is C23H34F2. The number of rotatable bonds is 4. The number of benzene rings is 1. The van der Waals surface area contributed by atoms with Crippen LogP contribution in [-0.2, 0) is 0 Å². The smallest absolute Gasteiger partial charge is 0.161 e. The molecule has 0 bridgehead atoms. The molecule has 0 saturated heterocycles. The van der Waals surface area contributed by atoms with E-state index in [0.29, 0.717) is 11.5 Å². The van der Waals surface area contributed by atoms with Crippen LogP contribution in [0.5, 0.6) is 0 Å². The summed E-state index contributed by atoms with van der Waals surface area (Å²) in [7, 11) is 0. The lowest BCUT2D eigenvalue weighted by molar-refractivity contribution is 0.137. The van der Waals surface area contributed by atoms with Crippen molar-refractivity contribution >= 4 is 0 Å². The van der Waals surface area contributed by atoms with Gasteiger partial charge in [-0.25, -0.2) is 8.78 Å². The Morgan fingerprint density at radius 1 is 0.920 bits per heavy atom. The van der Waals surface area contributed by atoms with E-state index in [1.807, 2.05) is 6.07 Å². The maximum absolute atomic E-state index is 13.7. The second-order valence-electron chi connectivity index (χ2n) is 8.81. The molecule has 0 spiro atoms. The highest BCUT2D eigenvalue weighted by Crippen LogP contribution is 2.45. The molecule has 0 aromatic heterocycles. The van der Waals surface area contributed by atoms with E-state index in [4.69, 9.17) is 0 Å². The predicted molar refractivity (Wildman–Crippen MR) is 101 cm³/mol. The summed E-state index contributed by atoms with van der Waals surface area (Å²) in [5.41, 5.74) is 1.45. The molecule has 0 N–H and O–H groups in total. The number of aryl methyl sites for hydroxylation is 1. The van der Waals surface area contributed by atoms with Crippen LogP contribution in [0.25, 0.3) is 0 Å². The average molecular weight is 349 g/mol. The minimum atomic E-state index is -0.685. The van der Waals surface area contributed by atoms with Crippen LogP contribution in [0, 0.1) is 42.2 Å². The van der Waals surface area contributed by atoms with Gasteiger partial charge in [-0.2, -0.15) is 0 Å². The minimum Gasteiger partial charge on any atom is -0.204 e. The monoisotopic (exact) mass is 348 g/mol. The number of halogens is 2. The first kappa shape index (κ1) is 18.9. The lowest BCUT2D eigenvalue weighted by atomic mass is 9.66. The summed E-state index contributed by atoms with van der Waals surface area (Å²) >= 11 is 0. The van der Waals surface area contributed by atoms with E-state index in [0.717, 1.165) is 42.1 Å². The first-order valence-electron chi connectivity index (χ1n) is 10.4. The van der Waals surface area contributed by atoms with Gasteiger partial charge in [-0.05, 0) is 105 Å². The fourth-order valence-electron chi connectivity index (χ4n) is 5.43. The zero-order valence-corrected chi connectivity index (χ0v) is 16.2. The Labute approximate surface area is 152 Å². The van der Waals surface area contributed by atoms with Crippen LogP contribution in [0.2, 0.25) is 0 Å². The third-order valence-electron chi connectivity index (χ3n) is 7.41. The van der Waals surface area contributed by atoms with Crippen molar-refractivity contribution in [3.05, 3.63) is 34.9 Å². The summed E-state index contributed by atoms with van der Waals surface area (Å²) in [5.74, 6) is 2.65. The summed E-state index contributed by atoms with van der Waals surface area (Å²) in [4.78, 5) is 0. The molecule has 2 aliphatic rings. The first-order valence-corrected chi connectivity index (χ1v) is 10.4. The summed E-state index contributed by atoms with van der Waals surface area (Å²) in [6.07, 6.45) is 11.8. The van der Waals surface area contributed by atoms with Gasteiger partial charge in [-0.3, -0.25) is 0 Å². The fraction of sp³-hybridized carbons (Fsp3) is 0.739. The Balaban J connectivity index is 1.53. The molecule has 0 amide bonds. The van der Waals surface area contributed by atoms with Crippen molar-refractivity contribution in [1.82, 2.24) is 0 Å². The highest BCUT2D eigenvalue weighted by atomic mass is 19.2. The van der Waals surface area contributed by atoms with Gasteiger partial charge in [-0.1, -0.05) is 26.3 Å². The van der Waals surface area contributed by atoms with Crippen LogP contribution in [0.3, 0.4) is 0 Å². The molecule has 1 atom stereocenters. The molecule has 1 aromatic carbocycles. The van der Waals surface area contributed by atoms with E-state index < -0.39 is 11.6 Å². The van der Waals surface area contributed by atoms with Crippen molar-refractivity contribution < 1.29 is 8.78 Å². The molecule has 2 heteroatoms. The molecule has 25 heavy (non-hydrogen) atoms. The molecule has 0 heterocycles. The summed E-state index contributed by atoms with van der Waals surface area (Å²) in [5, 5.41) is 0. The molecule has 2 saturated carbocycles. The maximum Gasteiger partial charge on any atom is 0.161 e. The first-order chi connectivity index (χ1) is 12.0. The van der Waals surface area contributed by atoms with Crippen LogP contribution >= 0.6 is 0 Å². The van der Waals surface area contributed by atoms with Crippen LogP contribution in [0.4, 0.5) is 8.78 Å². The third-order valence-corrected chi connectivity index (χ3v) is 7.41. The highest BCUT2D eigenvalue weighted by Gasteiger charge is 2.32. The lowest BCUT2D eigenvalue weighted by Gasteiger charge is -2.39. The fourth-order valence-corrected chi connectivity index (χ4v) is 5.43. The van der Waals surface area contributed by atoms with Crippen molar-refractivity contribution in [2.45, 2.75) is 84.5 Å². The van der Waals surface area contributed by atoms with E-state index in [1.54, 1.807) is 6.92 Å². The van der Waals surface area contributed by atoms with Gasteiger partial charge < -0.3 is 0 Å². The Bertz CT molecular complexity index is 540. The Morgan fingerprint density at radius 2 is 1.48 bits per heavy atom. The quantitative estimate of drug-likeness (QED) is 0.532. The third kappa shape index (κ3) is 4.26. The van der Waals surface area contributed by atoms with Gasteiger partial charge in [0.25, 0.3) is 0 Å². The van der Waals surface area contributed by atoms with Crippen LogP contribution in [0.1, 0.15) is 88.7 Å². The average Bonchev–Trinajstić information content (AvgIpc) is 2.65. The highest BCUT2D eigenvalue weighted by molar-refractivity contribution is 5.28. The zero-order valence-electron chi connectivity index (χ0n) is 16.2. The van der Waals surface area contributed by atoms with E-state index in [-0.39, 0.29) is 0 Å². The summed E-state index contributed by atoms with van der Waals surface area (Å²) < 4.78 is 27.2. The van der Waals surface area contributed by atoms with E-state index in [9.17, 15) is 8.78 Å². The van der Waals surface area contributed by atoms with E-state index in [2.05, 4.69) is 13.8 Å². The molecule has 0 radical (unpaired) electrons. The second-order valence-corrected chi connectivity index (χ2v) is 8.81. The zero-order chi connectivity index (χ0) is 18.0. The van der Waals surface area contributed by atoms with Crippen molar-refractivity contribution in [1.29, 1.82) is 0 Å². The number of hydrogen-bond acceptors (Lipinski definition) is 0. The maximum atomic E-state index is 13.7. The van der Waals surface area contributed by atoms with Crippen LogP contribution in [0.15, 0.2) is 12.1 Å². The van der Waals surface area contributed by atoms with Gasteiger partial charge in [0.05, 0.1) is 0 Å². The van der Waals surface area contributed by atoms with Crippen LogP contribution < -0.4 is 0 Å². The SMILES string of the molecule is CCC(C)C1CCC(C2CCC(c3cc(C)c(F)c(F)c3)CC2)CC1. The minimum absolute atomic E-state index is 0.418. The van der Waals surface area contributed by atoms with Gasteiger partial charge in [-0.15, -0.1) is 0 Å². The molecule has 0 aliphatic heterocycles. The van der Waals surface area contributed by atoms with Crippen molar-refractivity contribution in [3.63, 3.8) is 0 Å². The molecule has 1 unspecified atom stereocenters. The molecule has 2 fully saturated rings. The number of hydrogen-bond donors (Lipinski definition) is 0. The molecular weight excluding hydrogens is 314 g/mol. The van der Waals surface area contributed by atoms with Gasteiger partial charge in [0.2, 0.25) is 0 Å². The van der Waals surface area contributed by atoms with Crippen molar-refractivity contribution in [2.24, 2.45) is 23.7 Å². The molecule has 1 aromatic rings. The van der Waals surface area contributed by atoms with Gasteiger partial charge in [0.15, 0.2) is 11.6 Å². The normalized spacial score (nSPS) is 31.7. The summed E-state index contributed by atoms with van der Waals surface area (Å²) in [6.45, 7) is 6.40. The van der Waals surface area contributed by atoms with Crippen molar-refractivity contribution in [3.8, 4) is 0 Å². The Morgan fingerprint density at radius 3 is 2.00 bits per heavy atom. The van der Waals surface area contributed by atoms with Gasteiger partial charge in [0.1, 0.15) is 0 Å². The lowest BCUT2D eigenvalue weighted by Crippen LogP contribution is -2.27. The Kier molecular flexibility index (Phi) is 6.17. The topological polar surface area (TPSA) is 0 Å². The molecule has 2 aliphatic carbocycles. The largest absolute Gasteiger partial charge is 0.204 e. The van der Waals surface area contributed by atoms with Gasteiger partial charge in [0, 0.05) is 0 Å². The molecule has 140 valence electrons. The molecule has 0 nitrogen and oxygen atoms in total. The van der Waals surface area contributed by atoms with E-state index in [1.165, 1.54) is 51.0 Å². The Hall–Kier alpha value is -0.920.